The molecule has 2 amide bonds. The molecule has 0 bridgehead atoms. The molecule has 2 heterocycles. The van der Waals surface area contributed by atoms with Crippen LogP contribution < -0.4 is 15.4 Å². The number of hydrogen-bond donors (Lipinski definition) is 2. The highest BCUT2D eigenvalue weighted by molar-refractivity contribution is 7.18. The molecular formula is C24H25N3O7S. The summed E-state index contributed by atoms with van der Waals surface area (Å²) in [5.74, 6) is -1.87. The van der Waals surface area contributed by atoms with E-state index in [1.807, 2.05) is 0 Å². The van der Waals surface area contributed by atoms with Crippen molar-refractivity contribution in [3.63, 3.8) is 0 Å². The van der Waals surface area contributed by atoms with Gasteiger partial charge in [-0.05, 0) is 50.6 Å². The summed E-state index contributed by atoms with van der Waals surface area (Å²) in [4.78, 5) is 54.5. The van der Waals surface area contributed by atoms with Gasteiger partial charge in [0.2, 0.25) is 0 Å². The maximum absolute atomic E-state index is 12.7. The highest BCUT2D eigenvalue weighted by Gasteiger charge is 2.26. The van der Waals surface area contributed by atoms with Crippen molar-refractivity contribution in [3.05, 3.63) is 51.5 Å². The lowest BCUT2D eigenvalue weighted by Gasteiger charge is -2.10. The SMILES string of the molecule is CCOC(=O)c1c(NC(=O)COC(=O)c2cc3cc(OC)ccc3nc2C)sc(C(=O)NC)c1C. The predicted octanol–water partition coefficient (Wildman–Crippen LogP) is 3.25. The standard InChI is InChI=1S/C24H25N3O7S/c1-6-33-24(31)19-12(2)20(21(29)25-4)35-22(19)27-18(28)11-34-23(30)16-10-14-9-15(32-5)7-8-17(14)26-13(16)3/h7-10H,6,11H2,1-5H3,(H,25,29)(H,27,28). The minimum absolute atomic E-state index is 0.0821. The molecule has 2 aromatic heterocycles. The molecule has 11 heteroatoms. The predicted molar refractivity (Wildman–Crippen MR) is 130 cm³/mol. The van der Waals surface area contributed by atoms with Gasteiger partial charge < -0.3 is 24.8 Å². The molecule has 184 valence electrons. The van der Waals surface area contributed by atoms with E-state index in [0.29, 0.717) is 27.9 Å². The van der Waals surface area contributed by atoms with Crippen LogP contribution in [-0.4, -0.2) is 56.1 Å². The van der Waals surface area contributed by atoms with Gasteiger partial charge in [0.25, 0.3) is 11.8 Å². The number of aryl methyl sites for hydroxylation is 1. The molecule has 0 saturated carbocycles. The van der Waals surface area contributed by atoms with E-state index < -0.39 is 30.4 Å². The number of carbonyl (C=O) groups excluding carboxylic acids is 4. The lowest BCUT2D eigenvalue weighted by atomic mass is 10.1. The van der Waals surface area contributed by atoms with Crippen molar-refractivity contribution in [1.29, 1.82) is 0 Å². The Morgan fingerprint density at radius 3 is 2.46 bits per heavy atom. The third-order valence-electron chi connectivity index (χ3n) is 5.08. The number of methoxy groups -OCH3 is 1. The Kier molecular flexibility index (Phi) is 8.02. The van der Waals surface area contributed by atoms with Crippen LogP contribution >= 0.6 is 11.3 Å². The largest absolute Gasteiger partial charge is 0.497 e. The molecular weight excluding hydrogens is 474 g/mol. The van der Waals surface area contributed by atoms with Crippen molar-refractivity contribution < 1.29 is 33.4 Å². The van der Waals surface area contributed by atoms with E-state index in [2.05, 4.69) is 15.6 Å². The number of nitrogens with one attached hydrogen (secondary N) is 2. The number of thiophene rings is 1. The summed E-state index contributed by atoms with van der Waals surface area (Å²) >= 11 is 0.932. The fourth-order valence-electron chi connectivity index (χ4n) is 3.34. The van der Waals surface area contributed by atoms with Crippen LogP contribution in [0.5, 0.6) is 5.75 Å². The van der Waals surface area contributed by atoms with Gasteiger partial charge in [0.1, 0.15) is 10.8 Å². The van der Waals surface area contributed by atoms with Gasteiger partial charge in [-0.2, -0.15) is 0 Å². The second-order valence-electron chi connectivity index (χ2n) is 7.36. The Hall–Kier alpha value is -3.99. The Morgan fingerprint density at radius 2 is 1.80 bits per heavy atom. The maximum atomic E-state index is 12.7. The molecule has 0 spiro atoms. The van der Waals surface area contributed by atoms with Crippen LogP contribution in [0.1, 0.15) is 48.6 Å². The fourth-order valence-corrected chi connectivity index (χ4v) is 4.49. The van der Waals surface area contributed by atoms with E-state index in [0.717, 1.165) is 11.3 Å². The number of hydrogen-bond acceptors (Lipinski definition) is 9. The van der Waals surface area contributed by atoms with Gasteiger partial charge in [-0.1, -0.05) is 0 Å². The Balaban J connectivity index is 1.77. The number of fused-ring (bicyclic) bond motifs is 1. The molecule has 10 nitrogen and oxygen atoms in total. The third kappa shape index (κ3) is 5.57. The number of pyridine rings is 1. The lowest BCUT2D eigenvalue weighted by Crippen LogP contribution is -2.22. The molecule has 0 atom stereocenters. The van der Waals surface area contributed by atoms with E-state index in [4.69, 9.17) is 14.2 Å². The summed E-state index contributed by atoms with van der Waals surface area (Å²) in [6.45, 7) is 4.42. The van der Waals surface area contributed by atoms with Gasteiger partial charge in [-0.3, -0.25) is 14.6 Å². The molecule has 35 heavy (non-hydrogen) atoms. The van der Waals surface area contributed by atoms with Crippen molar-refractivity contribution in [1.82, 2.24) is 10.3 Å². The highest BCUT2D eigenvalue weighted by atomic mass is 32.1. The minimum Gasteiger partial charge on any atom is -0.497 e. The molecule has 0 saturated heterocycles. The number of anilines is 1. The van der Waals surface area contributed by atoms with E-state index in [1.54, 1.807) is 45.0 Å². The van der Waals surface area contributed by atoms with Crippen LogP contribution in [0.25, 0.3) is 10.9 Å². The summed E-state index contributed by atoms with van der Waals surface area (Å²) in [7, 11) is 3.00. The van der Waals surface area contributed by atoms with Gasteiger partial charge in [-0.25, -0.2) is 9.59 Å². The maximum Gasteiger partial charge on any atom is 0.341 e. The zero-order valence-electron chi connectivity index (χ0n) is 19.9. The van der Waals surface area contributed by atoms with Crippen LogP contribution in [0.3, 0.4) is 0 Å². The van der Waals surface area contributed by atoms with Gasteiger partial charge in [0.05, 0.1) is 40.9 Å². The first-order valence-electron chi connectivity index (χ1n) is 10.6. The van der Waals surface area contributed by atoms with Gasteiger partial charge >= 0.3 is 11.9 Å². The molecule has 3 aromatic rings. The van der Waals surface area contributed by atoms with Crippen molar-refractivity contribution >= 4 is 51.0 Å². The summed E-state index contributed by atoms with van der Waals surface area (Å²) in [6, 6.07) is 6.91. The Labute approximate surface area is 205 Å². The van der Waals surface area contributed by atoms with Crippen LogP contribution in [0.15, 0.2) is 24.3 Å². The Bertz CT molecular complexity index is 1320. The summed E-state index contributed by atoms with van der Waals surface area (Å²) in [5.41, 5.74) is 1.80. The van der Waals surface area contributed by atoms with Crippen LogP contribution in [0.2, 0.25) is 0 Å². The van der Waals surface area contributed by atoms with Crippen LogP contribution in [-0.2, 0) is 14.3 Å². The molecule has 1 aromatic carbocycles. The first-order chi connectivity index (χ1) is 16.7. The fraction of sp³-hybridized carbons (Fsp3) is 0.292. The van der Waals surface area contributed by atoms with E-state index in [-0.39, 0.29) is 27.6 Å². The number of amides is 2. The molecule has 2 N–H and O–H groups in total. The van der Waals surface area contributed by atoms with Crippen molar-refractivity contribution in [3.8, 4) is 5.75 Å². The van der Waals surface area contributed by atoms with Crippen molar-refractivity contribution in [2.75, 3.05) is 32.7 Å². The van der Waals surface area contributed by atoms with E-state index in [9.17, 15) is 19.2 Å². The normalized spacial score (nSPS) is 10.5. The van der Waals surface area contributed by atoms with E-state index >= 15 is 0 Å². The Morgan fingerprint density at radius 1 is 1.06 bits per heavy atom. The minimum atomic E-state index is -0.728. The zero-order chi connectivity index (χ0) is 25.7. The number of benzene rings is 1. The first kappa shape index (κ1) is 25.6. The number of esters is 2. The number of nitrogens with zero attached hydrogens (tertiary/aromatic N) is 1. The molecule has 0 unspecified atom stereocenters. The van der Waals surface area contributed by atoms with E-state index in [1.165, 1.54) is 14.2 Å². The molecule has 3 rings (SSSR count). The highest BCUT2D eigenvalue weighted by Crippen LogP contribution is 2.33. The molecule has 0 aliphatic heterocycles. The second kappa shape index (κ2) is 11.0. The topological polar surface area (TPSA) is 133 Å². The second-order valence-corrected chi connectivity index (χ2v) is 8.38. The van der Waals surface area contributed by atoms with Crippen LogP contribution in [0.4, 0.5) is 5.00 Å². The van der Waals surface area contributed by atoms with Gasteiger partial charge in [0.15, 0.2) is 6.61 Å². The number of ether oxygens (including phenoxy) is 3. The smallest absolute Gasteiger partial charge is 0.341 e. The third-order valence-corrected chi connectivity index (χ3v) is 6.29. The summed E-state index contributed by atoms with van der Waals surface area (Å²) in [6.07, 6.45) is 0. The number of rotatable bonds is 8. The van der Waals surface area contributed by atoms with Gasteiger partial charge in [0, 0.05) is 12.4 Å². The number of aromatic nitrogens is 1. The zero-order valence-corrected chi connectivity index (χ0v) is 20.8. The molecule has 0 aliphatic rings. The summed E-state index contributed by atoms with van der Waals surface area (Å²) in [5, 5.41) is 5.86. The monoisotopic (exact) mass is 499 g/mol. The summed E-state index contributed by atoms with van der Waals surface area (Å²) < 4.78 is 15.5. The number of carbonyl (C=O) groups is 4. The van der Waals surface area contributed by atoms with Crippen molar-refractivity contribution in [2.45, 2.75) is 20.8 Å². The lowest BCUT2D eigenvalue weighted by molar-refractivity contribution is -0.119. The quantitative estimate of drug-likeness (QED) is 0.451. The van der Waals surface area contributed by atoms with Crippen molar-refractivity contribution in [2.24, 2.45) is 0 Å². The first-order valence-corrected chi connectivity index (χ1v) is 11.5. The molecule has 0 radical (unpaired) electrons. The molecule has 0 fully saturated rings. The average molecular weight is 500 g/mol. The molecule has 0 aliphatic carbocycles. The average Bonchev–Trinajstić information content (AvgIpc) is 3.16. The van der Waals surface area contributed by atoms with Crippen LogP contribution in [0, 0.1) is 13.8 Å². The van der Waals surface area contributed by atoms with Gasteiger partial charge in [-0.15, -0.1) is 11.3 Å².